The lowest BCUT2D eigenvalue weighted by molar-refractivity contribution is 0.215. The van der Waals surface area contributed by atoms with Crippen molar-refractivity contribution in [3.63, 3.8) is 0 Å². The molecule has 2 aromatic heterocycles. The maximum absolute atomic E-state index is 11.3. The van der Waals surface area contributed by atoms with E-state index in [1.54, 1.807) is 23.0 Å². The average molecular weight is 241 g/mol. The Labute approximate surface area is 93.5 Å². The van der Waals surface area contributed by atoms with Gasteiger partial charge in [0.2, 0.25) is 0 Å². The third-order valence-electron chi connectivity index (χ3n) is 1.45. The molecule has 2 heterocycles. The van der Waals surface area contributed by atoms with Crippen LogP contribution in [0, 0.1) is 0 Å². The molecule has 0 atom stereocenters. The number of nitrogens with zero attached hydrogens (tertiary/aromatic N) is 1. The molecule has 0 saturated carbocycles. The van der Waals surface area contributed by atoms with Crippen LogP contribution in [0.5, 0.6) is 5.75 Å². The van der Waals surface area contributed by atoms with E-state index in [0.29, 0.717) is 15.9 Å². The van der Waals surface area contributed by atoms with Crippen LogP contribution in [-0.4, -0.2) is 11.1 Å². The predicted molar refractivity (Wildman–Crippen MR) is 60.5 cm³/mol. The minimum absolute atomic E-state index is 0.437. The molecule has 2 rings (SSSR count). The fourth-order valence-corrected chi connectivity index (χ4v) is 1.96. The summed E-state index contributed by atoms with van der Waals surface area (Å²) < 4.78 is 4.96. The van der Waals surface area contributed by atoms with Crippen LogP contribution in [0.4, 0.5) is 14.9 Å². The molecule has 5 nitrogen and oxygen atoms in total. The van der Waals surface area contributed by atoms with Crippen molar-refractivity contribution >= 4 is 38.9 Å². The fourth-order valence-electron chi connectivity index (χ4n) is 0.893. The van der Waals surface area contributed by atoms with Crippen LogP contribution >= 0.6 is 22.7 Å². The Morgan fingerprint density at radius 1 is 1.53 bits per heavy atom. The molecular formula is C8H7N3O2S2. The van der Waals surface area contributed by atoms with Crippen molar-refractivity contribution in [2.75, 3.05) is 11.1 Å². The topological polar surface area (TPSA) is 77.2 Å². The molecule has 0 aliphatic heterocycles. The van der Waals surface area contributed by atoms with Crippen molar-refractivity contribution in [2.24, 2.45) is 0 Å². The monoisotopic (exact) mass is 241 g/mol. The molecule has 78 valence electrons. The van der Waals surface area contributed by atoms with Crippen LogP contribution in [0.15, 0.2) is 23.0 Å². The van der Waals surface area contributed by atoms with Gasteiger partial charge < -0.3 is 10.5 Å². The van der Waals surface area contributed by atoms with Crippen LogP contribution in [0.2, 0.25) is 0 Å². The highest BCUT2D eigenvalue weighted by Gasteiger charge is 2.07. The Hall–Kier alpha value is -1.60. The molecule has 15 heavy (non-hydrogen) atoms. The van der Waals surface area contributed by atoms with Crippen LogP contribution in [-0.2, 0) is 0 Å². The second-order valence-corrected chi connectivity index (χ2v) is 4.37. The van der Waals surface area contributed by atoms with Gasteiger partial charge in [0.05, 0.1) is 5.00 Å². The number of amides is 1. The maximum atomic E-state index is 11.3. The number of ether oxygens (including phenoxy) is 1. The highest BCUT2D eigenvalue weighted by Crippen LogP contribution is 2.23. The molecule has 0 bridgehead atoms. The highest BCUT2D eigenvalue weighted by molar-refractivity contribution is 7.14. The predicted octanol–water partition coefficient (Wildman–Crippen LogP) is 2.40. The van der Waals surface area contributed by atoms with E-state index in [1.807, 2.05) is 0 Å². The summed E-state index contributed by atoms with van der Waals surface area (Å²) in [4.78, 5) is 15.2. The maximum Gasteiger partial charge on any atom is 0.418 e. The number of thiazole rings is 1. The van der Waals surface area contributed by atoms with Crippen LogP contribution in [0.3, 0.4) is 0 Å². The molecule has 7 heteroatoms. The van der Waals surface area contributed by atoms with Crippen molar-refractivity contribution in [3.8, 4) is 5.75 Å². The zero-order chi connectivity index (χ0) is 10.7. The molecule has 1 amide bonds. The summed E-state index contributed by atoms with van der Waals surface area (Å²) in [6.07, 6.45) is 1.03. The van der Waals surface area contributed by atoms with Gasteiger partial charge in [-0.2, -0.15) is 0 Å². The number of hydrogen-bond acceptors (Lipinski definition) is 6. The first-order chi connectivity index (χ1) is 7.24. The zero-order valence-electron chi connectivity index (χ0n) is 7.47. The van der Waals surface area contributed by atoms with E-state index in [2.05, 4.69) is 10.3 Å². The summed E-state index contributed by atoms with van der Waals surface area (Å²) in [7, 11) is 0. The normalized spacial score (nSPS) is 9.87. The van der Waals surface area contributed by atoms with Gasteiger partial charge in [-0.05, 0) is 0 Å². The lowest BCUT2D eigenvalue weighted by Crippen LogP contribution is -2.16. The number of carbonyl (C=O) groups excluding carboxylic acids is 1. The van der Waals surface area contributed by atoms with E-state index >= 15 is 0 Å². The number of anilines is 2. The van der Waals surface area contributed by atoms with E-state index in [0.717, 1.165) is 0 Å². The number of thiophene rings is 1. The van der Waals surface area contributed by atoms with Crippen LogP contribution < -0.4 is 15.8 Å². The molecule has 2 aromatic rings. The Bertz CT molecular complexity index is 452. The molecule has 0 saturated heterocycles. The Kier molecular flexibility index (Phi) is 2.84. The Morgan fingerprint density at radius 2 is 2.40 bits per heavy atom. The first-order valence-corrected chi connectivity index (χ1v) is 5.72. The van der Waals surface area contributed by atoms with Gasteiger partial charge in [-0.1, -0.05) is 0 Å². The largest absolute Gasteiger partial charge is 0.418 e. The number of aromatic nitrogens is 1. The van der Waals surface area contributed by atoms with Gasteiger partial charge in [-0.15, -0.1) is 22.7 Å². The van der Waals surface area contributed by atoms with Crippen molar-refractivity contribution in [1.29, 1.82) is 0 Å². The fraction of sp³-hybridized carbons (Fsp3) is 0. The smallest absolute Gasteiger partial charge is 0.409 e. The van der Waals surface area contributed by atoms with Crippen molar-refractivity contribution in [2.45, 2.75) is 0 Å². The Morgan fingerprint density at radius 3 is 3.00 bits per heavy atom. The minimum atomic E-state index is -0.567. The number of nitrogen functional groups attached to an aromatic ring is 1. The van der Waals surface area contributed by atoms with E-state index in [4.69, 9.17) is 10.5 Å². The van der Waals surface area contributed by atoms with Gasteiger partial charge in [-0.3, -0.25) is 5.32 Å². The van der Waals surface area contributed by atoms with Gasteiger partial charge in [0.1, 0.15) is 5.75 Å². The molecule has 0 unspecified atom stereocenters. The van der Waals surface area contributed by atoms with Gasteiger partial charge in [0, 0.05) is 23.0 Å². The molecule has 0 aliphatic carbocycles. The summed E-state index contributed by atoms with van der Waals surface area (Å²) in [6.45, 7) is 0. The number of carbonyl (C=O) groups is 1. The third-order valence-corrected chi connectivity index (χ3v) is 2.88. The van der Waals surface area contributed by atoms with Gasteiger partial charge in [-0.25, -0.2) is 9.78 Å². The molecule has 0 aromatic carbocycles. The van der Waals surface area contributed by atoms with Gasteiger partial charge in [0.25, 0.3) is 0 Å². The second-order valence-electron chi connectivity index (χ2n) is 2.54. The molecule has 0 radical (unpaired) electrons. The molecule has 0 aliphatic rings. The lowest BCUT2D eigenvalue weighted by atomic mass is 10.6. The highest BCUT2D eigenvalue weighted by atomic mass is 32.1. The van der Waals surface area contributed by atoms with Gasteiger partial charge >= 0.3 is 6.09 Å². The number of hydrogen-bond donors (Lipinski definition) is 2. The van der Waals surface area contributed by atoms with E-state index in [1.165, 1.54) is 22.7 Å². The Balaban J connectivity index is 1.93. The average Bonchev–Trinajstić information content (AvgIpc) is 2.77. The second kappa shape index (κ2) is 4.28. The minimum Gasteiger partial charge on any atom is -0.409 e. The standard InChI is InChI=1S/C8H7N3O2S2/c9-6-3-5(4-15-6)13-8(12)11-7-10-1-2-14-7/h1-4H,9H2,(H,10,11,12). The summed E-state index contributed by atoms with van der Waals surface area (Å²) in [5, 5.41) is 7.02. The molecule has 3 N–H and O–H groups in total. The third kappa shape index (κ3) is 2.67. The summed E-state index contributed by atoms with van der Waals surface area (Å²) >= 11 is 2.64. The van der Waals surface area contributed by atoms with Crippen LogP contribution in [0.25, 0.3) is 0 Å². The molecular weight excluding hydrogens is 234 g/mol. The molecule has 0 spiro atoms. The first-order valence-electron chi connectivity index (χ1n) is 3.96. The summed E-state index contributed by atoms with van der Waals surface area (Å²) in [6, 6.07) is 1.59. The van der Waals surface area contributed by atoms with E-state index in [-0.39, 0.29) is 0 Å². The zero-order valence-corrected chi connectivity index (χ0v) is 9.10. The van der Waals surface area contributed by atoms with Crippen molar-refractivity contribution in [1.82, 2.24) is 4.98 Å². The lowest BCUT2D eigenvalue weighted by Gasteiger charge is -2.00. The number of nitrogens with two attached hydrogens (primary N) is 1. The first kappa shape index (κ1) is 9.94. The van der Waals surface area contributed by atoms with Crippen molar-refractivity contribution < 1.29 is 9.53 Å². The van der Waals surface area contributed by atoms with Gasteiger partial charge in [0.15, 0.2) is 5.13 Å². The number of nitrogens with one attached hydrogen (secondary N) is 1. The van der Waals surface area contributed by atoms with E-state index in [9.17, 15) is 4.79 Å². The quantitative estimate of drug-likeness (QED) is 0.846. The summed E-state index contributed by atoms with van der Waals surface area (Å²) in [5.41, 5.74) is 5.49. The van der Waals surface area contributed by atoms with Crippen LogP contribution in [0.1, 0.15) is 0 Å². The van der Waals surface area contributed by atoms with E-state index < -0.39 is 6.09 Å². The number of rotatable bonds is 2. The SMILES string of the molecule is Nc1cc(OC(=O)Nc2nccs2)cs1. The van der Waals surface area contributed by atoms with Crippen molar-refractivity contribution in [3.05, 3.63) is 23.0 Å². The molecule has 0 fully saturated rings. The summed E-state index contributed by atoms with van der Waals surface area (Å²) in [5.74, 6) is 0.437.